The van der Waals surface area contributed by atoms with Gasteiger partial charge in [0.25, 0.3) is 0 Å². The van der Waals surface area contributed by atoms with Gasteiger partial charge in [-0.15, -0.1) is 10.2 Å². The molecule has 8 heteroatoms. The van der Waals surface area contributed by atoms with E-state index in [1.807, 2.05) is 68.7 Å². The third kappa shape index (κ3) is 5.78. The van der Waals surface area contributed by atoms with Gasteiger partial charge in [0, 0.05) is 16.1 Å². The number of carbonyl (C=O) groups excluding carboxylic acids is 1. The van der Waals surface area contributed by atoms with Crippen molar-refractivity contribution in [2.45, 2.75) is 50.2 Å². The highest BCUT2D eigenvalue weighted by Gasteiger charge is 2.24. The van der Waals surface area contributed by atoms with E-state index in [0.717, 1.165) is 11.1 Å². The maximum atomic E-state index is 12.6. The predicted molar refractivity (Wildman–Crippen MR) is 124 cm³/mol. The van der Waals surface area contributed by atoms with Crippen LogP contribution in [0.1, 0.15) is 33.3 Å². The first-order chi connectivity index (χ1) is 14.1. The lowest BCUT2D eigenvalue weighted by Gasteiger charge is -2.23. The van der Waals surface area contributed by atoms with Gasteiger partial charge in [-0.25, -0.2) is 0 Å². The summed E-state index contributed by atoms with van der Waals surface area (Å²) < 4.78 is 1.98. The van der Waals surface area contributed by atoms with E-state index < -0.39 is 0 Å². The fourth-order valence-electron chi connectivity index (χ4n) is 2.84. The minimum atomic E-state index is -0.337. The first-order valence-electron chi connectivity index (χ1n) is 9.55. The molecule has 1 unspecified atom stereocenters. The van der Waals surface area contributed by atoms with E-state index >= 15 is 0 Å². The molecule has 30 heavy (non-hydrogen) atoms. The standard InChI is InChI=1S/C22H24Cl2N4OS/c1-14(20(29)25-22(2,3)4)30-21-27-26-19(17-11-10-16(23)12-18(17)24)28(21)13-15-8-6-5-7-9-15/h5-12,14H,13H2,1-4H3,(H,25,29). The van der Waals surface area contributed by atoms with Crippen LogP contribution in [0.25, 0.3) is 11.4 Å². The Balaban J connectivity index is 1.97. The molecule has 1 heterocycles. The summed E-state index contributed by atoms with van der Waals surface area (Å²) in [4.78, 5) is 12.6. The van der Waals surface area contributed by atoms with Gasteiger partial charge in [0.2, 0.25) is 5.91 Å². The lowest BCUT2D eigenvalue weighted by atomic mass is 10.1. The van der Waals surface area contributed by atoms with E-state index in [9.17, 15) is 4.79 Å². The summed E-state index contributed by atoms with van der Waals surface area (Å²) in [6.07, 6.45) is 0. The molecule has 0 aliphatic heterocycles. The molecule has 0 saturated heterocycles. The van der Waals surface area contributed by atoms with Crippen molar-refractivity contribution in [2.75, 3.05) is 0 Å². The van der Waals surface area contributed by atoms with Crippen LogP contribution in [0.4, 0.5) is 0 Å². The van der Waals surface area contributed by atoms with E-state index in [0.29, 0.717) is 27.6 Å². The Labute approximate surface area is 191 Å². The van der Waals surface area contributed by atoms with Crippen molar-refractivity contribution in [3.63, 3.8) is 0 Å². The van der Waals surface area contributed by atoms with Gasteiger partial charge in [0.1, 0.15) is 0 Å². The van der Waals surface area contributed by atoms with Crippen LogP contribution in [-0.2, 0) is 11.3 Å². The molecule has 1 atom stereocenters. The molecular formula is C22H24Cl2N4OS. The molecule has 158 valence electrons. The summed E-state index contributed by atoms with van der Waals surface area (Å²) in [7, 11) is 0. The Kier molecular flexibility index (Phi) is 7.11. The lowest BCUT2D eigenvalue weighted by Crippen LogP contribution is -2.44. The molecule has 0 aliphatic carbocycles. The highest BCUT2D eigenvalue weighted by molar-refractivity contribution is 8.00. The number of carbonyl (C=O) groups is 1. The van der Waals surface area contributed by atoms with Gasteiger partial charge >= 0.3 is 0 Å². The van der Waals surface area contributed by atoms with Crippen molar-refractivity contribution < 1.29 is 4.79 Å². The normalized spacial score (nSPS) is 12.6. The molecule has 1 amide bonds. The van der Waals surface area contributed by atoms with Crippen LogP contribution in [0.3, 0.4) is 0 Å². The van der Waals surface area contributed by atoms with Crippen LogP contribution < -0.4 is 5.32 Å². The molecule has 5 nitrogen and oxygen atoms in total. The fraction of sp³-hybridized carbons (Fsp3) is 0.318. The second kappa shape index (κ2) is 9.41. The summed E-state index contributed by atoms with van der Waals surface area (Å²) in [6, 6.07) is 15.3. The number of thioether (sulfide) groups is 1. The highest BCUT2D eigenvalue weighted by Crippen LogP contribution is 2.33. The van der Waals surface area contributed by atoms with E-state index in [1.165, 1.54) is 11.8 Å². The van der Waals surface area contributed by atoms with Crippen LogP contribution in [0, 0.1) is 0 Å². The zero-order chi connectivity index (χ0) is 21.9. The van der Waals surface area contributed by atoms with Gasteiger partial charge in [0.05, 0.1) is 16.8 Å². The first kappa shape index (κ1) is 22.7. The SMILES string of the molecule is CC(Sc1nnc(-c2ccc(Cl)cc2Cl)n1Cc1ccccc1)C(=O)NC(C)(C)C. The summed E-state index contributed by atoms with van der Waals surface area (Å²) >= 11 is 13.9. The highest BCUT2D eigenvalue weighted by atomic mass is 35.5. The maximum absolute atomic E-state index is 12.6. The monoisotopic (exact) mass is 462 g/mol. The van der Waals surface area contributed by atoms with Crippen LogP contribution in [0.15, 0.2) is 53.7 Å². The summed E-state index contributed by atoms with van der Waals surface area (Å²) in [5.74, 6) is 0.583. The van der Waals surface area contributed by atoms with Crippen molar-refractivity contribution in [1.29, 1.82) is 0 Å². The van der Waals surface area contributed by atoms with Crippen LogP contribution in [-0.4, -0.2) is 31.5 Å². The Morgan fingerprint density at radius 2 is 1.83 bits per heavy atom. The molecule has 1 N–H and O–H groups in total. The number of nitrogens with zero attached hydrogens (tertiary/aromatic N) is 3. The average molecular weight is 463 g/mol. The zero-order valence-electron chi connectivity index (χ0n) is 17.3. The molecule has 1 aromatic heterocycles. The zero-order valence-corrected chi connectivity index (χ0v) is 19.6. The number of benzene rings is 2. The third-order valence-electron chi connectivity index (χ3n) is 4.22. The smallest absolute Gasteiger partial charge is 0.233 e. The maximum Gasteiger partial charge on any atom is 0.233 e. The van der Waals surface area contributed by atoms with Gasteiger partial charge in [-0.2, -0.15) is 0 Å². The van der Waals surface area contributed by atoms with Crippen LogP contribution in [0.2, 0.25) is 10.0 Å². The lowest BCUT2D eigenvalue weighted by molar-refractivity contribution is -0.121. The number of aromatic nitrogens is 3. The Bertz CT molecular complexity index is 1030. The molecule has 0 aliphatic rings. The molecule has 0 saturated carbocycles. The number of nitrogens with one attached hydrogen (secondary N) is 1. The van der Waals surface area contributed by atoms with Crippen LogP contribution >= 0.6 is 35.0 Å². The molecule has 0 bridgehead atoms. The van der Waals surface area contributed by atoms with E-state index in [2.05, 4.69) is 15.5 Å². The van der Waals surface area contributed by atoms with Crippen molar-refractivity contribution in [1.82, 2.24) is 20.1 Å². The first-order valence-corrected chi connectivity index (χ1v) is 11.2. The topological polar surface area (TPSA) is 59.8 Å². The minimum absolute atomic E-state index is 0.0483. The molecule has 3 aromatic rings. The van der Waals surface area contributed by atoms with Gasteiger partial charge in [-0.1, -0.05) is 65.3 Å². The average Bonchev–Trinajstić information content (AvgIpc) is 3.03. The van der Waals surface area contributed by atoms with Gasteiger partial charge in [0.15, 0.2) is 11.0 Å². The summed E-state index contributed by atoms with van der Waals surface area (Å²) in [6.45, 7) is 8.29. The Morgan fingerprint density at radius 1 is 1.13 bits per heavy atom. The molecule has 2 aromatic carbocycles. The number of hydrogen-bond acceptors (Lipinski definition) is 4. The van der Waals surface area contributed by atoms with Crippen LogP contribution in [0.5, 0.6) is 0 Å². The van der Waals surface area contributed by atoms with Crippen molar-refractivity contribution in [2.24, 2.45) is 0 Å². The van der Waals surface area contributed by atoms with Crippen molar-refractivity contribution >= 4 is 40.9 Å². The second-order valence-corrected chi connectivity index (χ2v) is 10.2. The molecule has 0 fully saturated rings. The Morgan fingerprint density at radius 3 is 2.47 bits per heavy atom. The van der Waals surface area contributed by atoms with Crippen molar-refractivity contribution in [3.05, 3.63) is 64.1 Å². The van der Waals surface area contributed by atoms with Crippen molar-refractivity contribution in [3.8, 4) is 11.4 Å². The number of halogens is 2. The Hall–Kier alpha value is -2.02. The van der Waals surface area contributed by atoms with Gasteiger partial charge in [-0.05, 0) is 51.5 Å². The molecule has 0 radical (unpaired) electrons. The van der Waals surface area contributed by atoms with E-state index in [4.69, 9.17) is 23.2 Å². The molecular weight excluding hydrogens is 439 g/mol. The quantitative estimate of drug-likeness (QED) is 0.477. The second-order valence-electron chi connectivity index (χ2n) is 8.00. The van der Waals surface area contributed by atoms with Gasteiger partial charge in [-0.3, -0.25) is 9.36 Å². The van der Waals surface area contributed by atoms with Gasteiger partial charge < -0.3 is 5.32 Å². The van der Waals surface area contributed by atoms with E-state index in [-0.39, 0.29) is 16.7 Å². The molecule has 3 rings (SSSR count). The summed E-state index contributed by atoms with van der Waals surface area (Å²) in [5, 5.41) is 13.1. The van der Waals surface area contributed by atoms with E-state index in [1.54, 1.807) is 12.1 Å². The number of rotatable bonds is 6. The fourth-order valence-corrected chi connectivity index (χ4v) is 4.18. The molecule has 0 spiro atoms. The third-order valence-corrected chi connectivity index (χ3v) is 5.85. The largest absolute Gasteiger partial charge is 0.351 e. The number of hydrogen-bond donors (Lipinski definition) is 1. The predicted octanol–water partition coefficient (Wildman–Crippen LogP) is 5.70. The summed E-state index contributed by atoms with van der Waals surface area (Å²) in [5.41, 5.74) is 1.53. The minimum Gasteiger partial charge on any atom is -0.351 e. The number of amides is 1.